The summed E-state index contributed by atoms with van der Waals surface area (Å²) >= 11 is 0. The van der Waals surface area contributed by atoms with Gasteiger partial charge in [0.1, 0.15) is 5.78 Å². The van der Waals surface area contributed by atoms with Crippen LogP contribution in [0.1, 0.15) is 65.2 Å². The maximum absolute atomic E-state index is 10.8. The van der Waals surface area contributed by atoms with Gasteiger partial charge in [-0.05, 0) is 32.6 Å². The van der Waals surface area contributed by atoms with Crippen LogP contribution >= 0.6 is 0 Å². The predicted molar refractivity (Wildman–Crippen MR) is 89.9 cm³/mol. The zero-order valence-corrected chi connectivity index (χ0v) is 13.2. The van der Waals surface area contributed by atoms with Crippen molar-refractivity contribution >= 4 is 5.78 Å². The number of carbonyl (C=O) groups excluding carboxylic acids is 1. The molecule has 0 unspecified atom stereocenters. The molecule has 0 amide bonds. The Kier molecular flexibility index (Phi) is 14.6. The molecule has 0 saturated heterocycles. The largest absolute Gasteiger partial charge is 0.300 e. The lowest BCUT2D eigenvalue weighted by Gasteiger charge is -1.98. The fourth-order valence-electron chi connectivity index (χ4n) is 1.81. The Hall–Kier alpha value is -1.37. The van der Waals surface area contributed by atoms with E-state index >= 15 is 0 Å². The summed E-state index contributed by atoms with van der Waals surface area (Å²) in [6, 6.07) is 0. The molecule has 0 aromatic heterocycles. The number of hydrogen-bond donors (Lipinski definition) is 0. The Labute approximate surface area is 125 Å². The Bertz CT molecular complexity index is 332. The second kappa shape index (κ2) is 15.7. The van der Waals surface area contributed by atoms with E-state index in [9.17, 15) is 4.79 Å². The van der Waals surface area contributed by atoms with Gasteiger partial charge >= 0.3 is 0 Å². The van der Waals surface area contributed by atoms with E-state index in [0.717, 1.165) is 25.7 Å². The molecule has 0 aromatic carbocycles. The van der Waals surface area contributed by atoms with E-state index in [-0.39, 0.29) is 0 Å². The van der Waals surface area contributed by atoms with E-state index in [1.54, 1.807) is 6.92 Å². The number of unbranched alkanes of at least 4 members (excludes halogenated alkanes) is 5. The van der Waals surface area contributed by atoms with Crippen molar-refractivity contribution in [3.05, 3.63) is 48.6 Å². The standard InChI is InChI=1S/C19H30O/c1-3-4-5-6-7-8-9-10-11-12-13-14-15-16-17-18-19(2)20/h4-11H,3,12-18H2,1-2H3/b5-4+,7-6+,9-8+,11-10+. The molecule has 112 valence electrons. The molecule has 0 fully saturated rings. The molecule has 0 rings (SSSR count). The number of allylic oxidation sites excluding steroid dienone is 8. The second-order valence-corrected chi connectivity index (χ2v) is 5.04. The smallest absolute Gasteiger partial charge is 0.129 e. The summed E-state index contributed by atoms with van der Waals surface area (Å²) < 4.78 is 0. The Balaban J connectivity index is 3.35. The summed E-state index contributed by atoms with van der Waals surface area (Å²) in [6.45, 7) is 3.81. The van der Waals surface area contributed by atoms with Gasteiger partial charge in [0.05, 0.1) is 0 Å². The van der Waals surface area contributed by atoms with E-state index < -0.39 is 0 Å². The van der Waals surface area contributed by atoms with Gasteiger partial charge in [0.15, 0.2) is 0 Å². The lowest BCUT2D eigenvalue weighted by molar-refractivity contribution is -0.117. The number of Topliss-reactive ketones (excluding diaryl/α,β-unsaturated/α-hetero) is 1. The molecule has 0 N–H and O–H groups in total. The van der Waals surface area contributed by atoms with Gasteiger partial charge in [0.2, 0.25) is 0 Å². The van der Waals surface area contributed by atoms with Crippen LogP contribution in [-0.2, 0) is 4.79 Å². The molecule has 0 spiro atoms. The summed E-state index contributed by atoms with van der Waals surface area (Å²) in [7, 11) is 0. The molecule has 0 saturated carbocycles. The van der Waals surface area contributed by atoms with Crippen molar-refractivity contribution in [3.63, 3.8) is 0 Å². The fraction of sp³-hybridized carbons (Fsp3) is 0.526. The average molecular weight is 274 g/mol. The number of hydrogen-bond acceptors (Lipinski definition) is 1. The average Bonchev–Trinajstić information content (AvgIpc) is 2.43. The van der Waals surface area contributed by atoms with Crippen LogP contribution in [0.15, 0.2) is 48.6 Å². The van der Waals surface area contributed by atoms with Gasteiger partial charge in [-0.1, -0.05) is 74.8 Å². The van der Waals surface area contributed by atoms with Crippen LogP contribution in [0.5, 0.6) is 0 Å². The first-order valence-electron chi connectivity index (χ1n) is 7.91. The summed E-state index contributed by atoms with van der Waals surface area (Å²) in [5.74, 6) is 0.318. The Morgan fingerprint density at radius 3 is 1.95 bits per heavy atom. The van der Waals surface area contributed by atoms with Crippen molar-refractivity contribution in [1.29, 1.82) is 0 Å². The summed E-state index contributed by atoms with van der Waals surface area (Å²) in [5.41, 5.74) is 0. The monoisotopic (exact) mass is 274 g/mol. The minimum Gasteiger partial charge on any atom is -0.300 e. The molecule has 1 heteroatoms. The molecule has 0 aliphatic carbocycles. The van der Waals surface area contributed by atoms with Crippen molar-refractivity contribution < 1.29 is 4.79 Å². The van der Waals surface area contributed by atoms with Gasteiger partial charge in [-0.2, -0.15) is 0 Å². The molecule has 0 atom stereocenters. The molecule has 1 nitrogen and oxygen atoms in total. The summed E-state index contributed by atoms with van der Waals surface area (Å²) in [6.07, 6.45) is 25.8. The highest BCUT2D eigenvalue weighted by atomic mass is 16.1. The third-order valence-corrected chi connectivity index (χ3v) is 2.96. The van der Waals surface area contributed by atoms with Crippen LogP contribution in [0.3, 0.4) is 0 Å². The first-order valence-corrected chi connectivity index (χ1v) is 7.91. The van der Waals surface area contributed by atoms with Gasteiger partial charge in [0.25, 0.3) is 0 Å². The molecule has 0 aromatic rings. The highest BCUT2D eigenvalue weighted by molar-refractivity contribution is 5.75. The SMILES string of the molecule is CC/C=C/C=C/C=C/C=C/CCCCCCCC(C)=O. The molecule has 0 aliphatic heterocycles. The van der Waals surface area contributed by atoms with Crippen LogP contribution in [0, 0.1) is 0 Å². The zero-order valence-electron chi connectivity index (χ0n) is 13.2. The maximum Gasteiger partial charge on any atom is 0.129 e. The van der Waals surface area contributed by atoms with Gasteiger partial charge in [-0.3, -0.25) is 0 Å². The quantitative estimate of drug-likeness (QED) is 0.318. The Morgan fingerprint density at radius 2 is 1.30 bits per heavy atom. The normalized spacial score (nSPS) is 12.5. The minimum absolute atomic E-state index is 0.318. The molecule has 0 heterocycles. The molecular formula is C19H30O. The van der Waals surface area contributed by atoms with Crippen LogP contribution in [0.4, 0.5) is 0 Å². The first kappa shape index (κ1) is 18.6. The van der Waals surface area contributed by atoms with Crippen LogP contribution in [0.2, 0.25) is 0 Å². The topological polar surface area (TPSA) is 17.1 Å². The minimum atomic E-state index is 0.318. The molecule has 20 heavy (non-hydrogen) atoms. The predicted octanol–water partition coefficient (Wildman–Crippen LogP) is 5.94. The Morgan fingerprint density at radius 1 is 0.750 bits per heavy atom. The lowest BCUT2D eigenvalue weighted by atomic mass is 10.1. The van der Waals surface area contributed by atoms with Gasteiger partial charge < -0.3 is 4.79 Å². The third kappa shape index (κ3) is 16.6. The number of rotatable bonds is 12. The van der Waals surface area contributed by atoms with Crippen LogP contribution in [0.25, 0.3) is 0 Å². The zero-order chi connectivity index (χ0) is 14.9. The van der Waals surface area contributed by atoms with E-state index in [1.165, 1.54) is 25.7 Å². The summed E-state index contributed by atoms with van der Waals surface area (Å²) in [4.78, 5) is 10.8. The van der Waals surface area contributed by atoms with Crippen molar-refractivity contribution in [1.82, 2.24) is 0 Å². The van der Waals surface area contributed by atoms with Gasteiger partial charge in [-0.25, -0.2) is 0 Å². The van der Waals surface area contributed by atoms with E-state index in [2.05, 4.69) is 49.5 Å². The second-order valence-electron chi connectivity index (χ2n) is 5.04. The molecular weight excluding hydrogens is 244 g/mol. The third-order valence-electron chi connectivity index (χ3n) is 2.96. The number of ketones is 1. The molecule has 0 aliphatic rings. The highest BCUT2D eigenvalue weighted by Crippen LogP contribution is 2.07. The van der Waals surface area contributed by atoms with E-state index in [1.807, 2.05) is 6.08 Å². The van der Waals surface area contributed by atoms with E-state index in [0.29, 0.717) is 5.78 Å². The van der Waals surface area contributed by atoms with Crippen molar-refractivity contribution in [3.8, 4) is 0 Å². The van der Waals surface area contributed by atoms with Crippen LogP contribution in [-0.4, -0.2) is 5.78 Å². The molecule has 0 bridgehead atoms. The van der Waals surface area contributed by atoms with Crippen molar-refractivity contribution in [2.24, 2.45) is 0 Å². The highest BCUT2D eigenvalue weighted by Gasteiger charge is 1.93. The van der Waals surface area contributed by atoms with E-state index in [4.69, 9.17) is 0 Å². The summed E-state index contributed by atoms with van der Waals surface area (Å²) in [5, 5.41) is 0. The van der Waals surface area contributed by atoms with Crippen molar-refractivity contribution in [2.45, 2.75) is 65.2 Å². The lowest BCUT2D eigenvalue weighted by Crippen LogP contribution is -1.89. The van der Waals surface area contributed by atoms with Crippen molar-refractivity contribution in [2.75, 3.05) is 0 Å². The number of carbonyl (C=O) groups is 1. The van der Waals surface area contributed by atoms with Gasteiger partial charge in [-0.15, -0.1) is 0 Å². The maximum atomic E-state index is 10.8. The van der Waals surface area contributed by atoms with Gasteiger partial charge in [0, 0.05) is 6.42 Å². The first-order chi connectivity index (χ1) is 9.77. The molecule has 0 radical (unpaired) electrons. The van der Waals surface area contributed by atoms with Crippen LogP contribution < -0.4 is 0 Å². The fourth-order valence-corrected chi connectivity index (χ4v) is 1.81.